The Morgan fingerprint density at radius 1 is 1.32 bits per heavy atom. The van der Waals surface area contributed by atoms with Gasteiger partial charge >= 0.3 is 0 Å². The number of guanidine groups is 1. The van der Waals surface area contributed by atoms with Crippen LogP contribution in [0.4, 0.5) is 0 Å². The number of rotatable bonds is 8. The Morgan fingerprint density at radius 2 is 2.14 bits per heavy atom. The summed E-state index contributed by atoms with van der Waals surface area (Å²) in [5, 5.41) is 15.7. The molecule has 1 unspecified atom stereocenters. The van der Waals surface area contributed by atoms with Gasteiger partial charge in [-0.15, -0.1) is 34.2 Å². The molecule has 0 aliphatic carbocycles. The highest BCUT2D eigenvalue weighted by atomic mass is 127. The van der Waals surface area contributed by atoms with Crippen molar-refractivity contribution in [3.05, 3.63) is 47.0 Å². The molecular weight excluding hydrogens is 491 g/mol. The van der Waals surface area contributed by atoms with Crippen LogP contribution in [0.25, 0.3) is 0 Å². The van der Waals surface area contributed by atoms with Gasteiger partial charge in [0.1, 0.15) is 12.2 Å². The Kier molecular flexibility index (Phi) is 10.0. The molecule has 154 valence electrons. The summed E-state index contributed by atoms with van der Waals surface area (Å²) in [6, 6.07) is 7.78. The molecule has 28 heavy (non-hydrogen) atoms. The van der Waals surface area contributed by atoms with Crippen molar-refractivity contribution in [2.75, 3.05) is 26.3 Å². The molecular formula is C19H28ClIN6O. The summed E-state index contributed by atoms with van der Waals surface area (Å²) in [4.78, 5) is 4.72. The van der Waals surface area contributed by atoms with Gasteiger partial charge < -0.3 is 19.9 Å². The van der Waals surface area contributed by atoms with Gasteiger partial charge in [-0.2, -0.15) is 0 Å². The molecule has 1 aliphatic rings. The van der Waals surface area contributed by atoms with Crippen molar-refractivity contribution < 1.29 is 4.74 Å². The molecule has 3 rings (SSSR count). The van der Waals surface area contributed by atoms with Gasteiger partial charge in [-0.05, 0) is 24.1 Å². The lowest BCUT2D eigenvalue weighted by atomic mass is 10.1. The van der Waals surface area contributed by atoms with Crippen molar-refractivity contribution in [1.29, 1.82) is 0 Å². The predicted molar refractivity (Wildman–Crippen MR) is 122 cm³/mol. The largest absolute Gasteiger partial charge is 0.381 e. The fourth-order valence-corrected chi connectivity index (χ4v) is 3.08. The minimum Gasteiger partial charge on any atom is -0.381 e. The van der Waals surface area contributed by atoms with Gasteiger partial charge in [0.15, 0.2) is 5.96 Å². The number of ether oxygens (including phenoxy) is 1. The lowest BCUT2D eigenvalue weighted by molar-refractivity contribution is 0.186. The molecule has 0 amide bonds. The highest BCUT2D eigenvalue weighted by molar-refractivity contribution is 14.0. The summed E-state index contributed by atoms with van der Waals surface area (Å²) in [6.07, 6.45) is 3.74. The maximum absolute atomic E-state index is 5.95. The molecule has 1 aromatic carbocycles. The zero-order valence-corrected chi connectivity index (χ0v) is 19.2. The van der Waals surface area contributed by atoms with Crippen molar-refractivity contribution in [2.45, 2.75) is 32.9 Å². The van der Waals surface area contributed by atoms with Gasteiger partial charge in [0.2, 0.25) is 0 Å². The van der Waals surface area contributed by atoms with Crippen LogP contribution in [0.2, 0.25) is 5.02 Å². The first-order chi connectivity index (χ1) is 13.2. The zero-order chi connectivity index (χ0) is 18.9. The molecule has 1 fully saturated rings. The molecule has 2 aromatic rings. The Balaban J connectivity index is 0.00000280. The zero-order valence-electron chi connectivity index (χ0n) is 16.1. The number of hydrogen-bond donors (Lipinski definition) is 2. The first-order valence-corrected chi connectivity index (χ1v) is 9.83. The fourth-order valence-electron chi connectivity index (χ4n) is 2.95. The normalized spacial score (nSPS) is 16.6. The molecule has 2 N–H and O–H groups in total. The molecule has 1 saturated heterocycles. The highest BCUT2D eigenvalue weighted by Gasteiger charge is 2.15. The molecule has 7 nitrogen and oxygen atoms in total. The average molecular weight is 519 g/mol. The topological polar surface area (TPSA) is 76.4 Å². The minimum absolute atomic E-state index is 0. The number of aromatic nitrogens is 3. The summed E-state index contributed by atoms with van der Waals surface area (Å²) < 4.78 is 7.52. The van der Waals surface area contributed by atoms with Gasteiger partial charge in [-0.3, -0.25) is 0 Å². The van der Waals surface area contributed by atoms with E-state index in [1.54, 1.807) is 6.33 Å². The lowest BCUT2D eigenvalue weighted by Crippen LogP contribution is -2.41. The van der Waals surface area contributed by atoms with Crippen LogP contribution in [0.3, 0.4) is 0 Å². The molecule has 2 heterocycles. The van der Waals surface area contributed by atoms with Crippen LogP contribution in [-0.4, -0.2) is 47.0 Å². The van der Waals surface area contributed by atoms with Crippen LogP contribution in [0.5, 0.6) is 0 Å². The van der Waals surface area contributed by atoms with E-state index in [2.05, 4.69) is 32.3 Å². The minimum atomic E-state index is 0. The monoisotopic (exact) mass is 518 g/mol. The van der Waals surface area contributed by atoms with Crippen LogP contribution in [0, 0.1) is 5.92 Å². The van der Waals surface area contributed by atoms with E-state index in [0.717, 1.165) is 68.1 Å². The molecule has 1 atom stereocenters. The lowest BCUT2D eigenvalue weighted by Gasteiger charge is -2.15. The molecule has 0 radical (unpaired) electrons. The molecule has 1 aromatic heterocycles. The second-order valence-corrected chi connectivity index (χ2v) is 7.06. The summed E-state index contributed by atoms with van der Waals surface area (Å²) in [5.41, 5.74) is 1.12. The van der Waals surface area contributed by atoms with Gasteiger partial charge in [0, 0.05) is 43.6 Å². The Morgan fingerprint density at radius 3 is 2.86 bits per heavy atom. The van der Waals surface area contributed by atoms with Gasteiger partial charge in [0.05, 0.1) is 13.2 Å². The third-order valence-electron chi connectivity index (χ3n) is 4.57. The maximum atomic E-state index is 5.95. The molecule has 9 heteroatoms. The van der Waals surface area contributed by atoms with E-state index in [-0.39, 0.29) is 24.0 Å². The number of aliphatic imine (C=N–C) groups is 1. The third kappa shape index (κ3) is 7.21. The van der Waals surface area contributed by atoms with Gasteiger partial charge in [-0.25, -0.2) is 4.99 Å². The van der Waals surface area contributed by atoms with Gasteiger partial charge in [-0.1, -0.05) is 30.7 Å². The summed E-state index contributed by atoms with van der Waals surface area (Å²) in [5.74, 6) is 2.34. The predicted octanol–water partition coefficient (Wildman–Crippen LogP) is 2.88. The van der Waals surface area contributed by atoms with Crippen LogP contribution < -0.4 is 10.6 Å². The first kappa shape index (κ1) is 22.9. The highest BCUT2D eigenvalue weighted by Crippen LogP contribution is 2.11. The van der Waals surface area contributed by atoms with Crippen LogP contribution >= 0.6 is 35.6 Å². The van der Waals surface area contributed by atoms with Crippen molar-refractivity contribution >= 4 is 41.5 Å². The Hall–Kier alpha value is -1.39. The first-order valence-electron chi connectivity index (χ1n) is 9.45. The number of nitrogens with one attached hydrogen (secondary N) is 2. The van der Waals surface area contributed by atoms with Crippen molar-refractivity contribution in [3.63, 3.8) is 0 Å². The average Bonchev–Trinajstić information content (AvgIpc) is 3.36. The van der Waals surface area contributed by atoms with Gasteiger partial charge in [0.25, 0.3) is 0 Å². The standard InChI is InChI=1S/C19H27ClN6O.HI/c1-2-18-25-24-14-26(18)9-8-21-19(23-12-16-7-10-27-13-16)22-11-15-3-5-17(20)6-4-15;/h3-6,14,16H,2,7-13H2,1H3,(H2,21,22,23);1H. The number of nitrogens with zero attached hydrogens (tertiary/aromatic N) is 4. The fraction of sp³-hybridized carbons (Fsp3) is 0.526. The van der Waals surface area contributed by atoms with Crippen LogP contribution in [0.1, 0.15) is 24.7 Å². The molecule has 0 saturated carbocycles. The van der Waals surface area contributed by atoms with Crippen LogP contribution in [-0.2, 0) is 24.2 Å². The van der Waals surface area contributed by atoms with Crippen molar-refractivity contribution in [3.8, 4) is 0 Å². The quantitative estimate of drug-likeness (QED) is 0.319. The second-order valence-electron chi connectivity index (χ2n) is 6.62. The van der Waals surface area contributed by atoms with E-state index >= 15 is 0 Å². The SMILES string of the molecule is CCc1nncn1CCNC(=NCc1ccc(Cl)cc1)NCC1CCOC1.I. The maximum Gasteiger partial charge on any atom is 0.191 e. The van der Waals surface area contributed by atoms with Crippen molar-refractivity contribution in [1.82, 2.24) is 25.4 Å². The molecule has 1 aliphatic heterocycles. The Bertz CT molecular complexity index is 730. The number of aryl methyl sites for hydroxylation is 1. The number of halogens is 2. The van der Waals surface area contributed by atoms with E-state index in [1.165, 1.54) is 0 Å². The molecule has 0 spiro atoms. The van der Waals surface area contributed by atoms with E-state index in [0.29, 0.717) is 12.5 Å². The van der Waals surface area contributed by atoms with E-state index in [4.69, 9.17) is 21.3 Å². The molecule has 0 bridgehead atoms. The number of hydrogen-bond acceptors (Lipinski definition) is 4. The summed E-state index contributed by atoms with van der Waals surface area (Å²) >= 11 is 5.95. The summed E-state index contributed by atoms with van der Waals surface area (Å²) in [6.45, 7) is 6.75. The van der Waals surface area contributed by atoms with E-state index in [9.17, 15) is 0 Å². The smallest absolute Gasteiger partial charge is 0.191 e. The summed E-state index contributed by atoms with van der Waals surface area (Å²) in [7, 11) is 0. The second kappa shape index (κ2) is 12.2. The van der Waals surface area contributed by atoms with Crippen LogP contribution in [0.15, 0.2) is 35.6 Å². The van der Waals surface area contributed by atoms with E-state index in [1.807, 2.05) is 24.3 Å². The van der Waals surface area contributed by atoms with E-state index < -0.39 is 0 Å². The van der Waals surface area contributed by atoms with Crippen molar-refractivity contribution in [2.24, 2.45) is 10.9 Å². The number of benzene rings is 1. The Labute approximate surface area is 188 Å². The third-order valence-corrected chi connectivity index (χ3v) is 4.82.